The molecule has 100 valence electrons. The monoisotopic (exact) mass is 337 g/mol. The number of thiophene rings is 1. The summed E-state index contributed by atoms with van der Waals surface area (Å²) in [5, 5.41) is 5.78. The highest BCUT2D eigenvalue weighted by molar-refractivity contribution is 9.10. The molecule has 4 heteroatoms. The average molecular weight is 338 g/mol. The predicted molar refractivity (Wildman–Crippen MR) is 82.8 cm³/mol. The minimum absolute atomic E-state index is 0.382. The van der Waals surface area contributed by atoms with Crippen molar-refractivity contribution in [3.63, 3.8) is 0 Å². The van der Waals surface area contributed by atoms with Crippen LogP contribution in [0.5, 0.6) is 5.75 Å². The molecule has 0 fully saturated rings. The van der Waals surface area contributed by atoms with Gasteiger partial charge in [0.1, 0.15) is 5.75 Å². The van der Waals surface area contributed by atoms with Gasteiger partial charge in [-0.15, -0.1) is 11.3 Å². The number of hydrogen-bond donors (Lipinski definition) is 1. The first-order valence-electron chi connectivity index (χ1n) is 6.51. The summed E-state index contributed by atoms with van der Waals surface area (Å²) < 4.78 is 6.90. The molecule has 2 heterocycles. The highest BCUT2D eigenvalue weighted by atomic mass is 79.9. The number of benzene rings is 1. The molecule has 1 aliphatic rings. The van der Waals surface area contributed by atoms with Crippen LogP contribution in [0.4, 0.5) is 0 Å². The Kier molecular flexibility index (Phi) is 4.21. The lowest BCUT2D eigenvalue weighted by Crippen LogP contribution is -2.20. The van der Waals surface area contributed by atoms with Gasteiger partial charge in [0, 0.05) is 27.5 Å². The summed E-state index contributed by atoms with van der Waals surface area (Å²) in [6.07, 6.45) is 2.22. The van der Waals surface area contributed by atoms with Gasteiger partial charge in [-0.3, -0.25) is 0 Å². The third-order valence-corrected chi connectivity index (χ3v) is 4.72. The molecule has 0 amide bonds. The van der Waals surface area contributed by atoms with Crippen molar-refractivity contribution in [2.75, 3.05) is 6.61 Å². The van der Waals surface area contributed by atoms with Gasteiger partial charge >= 0.3 is 0 Å². The molecule has 1 N–H and O–H groups in total. The van der Waals surface area contributed by atoms with E-state index in [1.165, 1.54) is 10.4 Å². The van der Waals surface area contributed by atoms with Crippen LogP contribution in [0.1, 0.15) is 29.3 Å². The fourth-order valence-electron chi connectivity index (χ4n) is 2.40. The molecule has 19 heavy (non-hydrogen) atoms. The first-order valence-corrected chi connectivity index (χ1v) is 8.18. The first kappa shape index (κ1) is 13.2. The Bertz CT molecular complexity index is 541. The zero-order valence-corrected chi connectivity index (χ0v) is 13.0. The van der Waals surface area contributed by atoms with Gasteiger partial charge in [-0.05, 0) is 36.4 Å². The third-order valence-electron chi connectivity index (χ3n) is 3.35. The van der Waals surface area contributed by atoms with Crippen molar-refractivity contribution in [1.82, 2.24) is 5.32 Å². The maximum Gasteiger partial charge on any atom is 0.125 e. The van der Waals surface area contributed by atoms with Crippen molar-refractivity contribution in [1.29, 1.82) is 0 Å². The van der Waals surface area contributed by atoms with Crippen molar-refractivity contribution in [2.45, 2.75) is 25.4 Å². The van der Waals surface area contributed by atoms with Gasteiger partial charge in [-0.2, -0.15) is 0 Å². The van der Waals surface area contributed by atoms with E-state index in [-0.39, 0.29) is 0 Å². The second kappa shape index (κ2) is 6.07. The second-order valence-corrected chi connectivity index (χ2v) is 6.63. The Hall–Kier alpha value is -0.840. The van der Waals surface area contributed by atoms with Gasteiger partial charge in [-0.1, -0.05) is 28.1 Å². The standard InChI is InChI=1S/C15H16BrNOS/c16-11-5-6-13-14(4-1-7-18-15(13)9-11)17-10-12-3-2-8-19-12/h2-3,5-6,8-9,14,17H,1,4,7,10H2. The van der Waals surface area contributed by atoms with E-state index in [2.05, 4.69) is 57.0 Å². The van der Waals surface area contributed by atoms with Crippen LogP contribution < -0.4 is 10.1 Å². The molecule has 1 aromatic heterocycles. The van der Waals surface area contributed by atoms with Crippen LogP contribution in [-0.4, -0.2) is 6.61 Å². The number of fused-ring (bicyclic) bond motifs is 1. The van der Waals surface area contributed by atoms with Crippen molar-refractivity contribution in [3.8, 4) is 5.75 Å². The van der Waals surface area contributed by atoms with Gasteiger partial charge in [0.25, 0.3) is 0 Å². The smallest absolute Gasteiger partial charge is 0.125 e. The quantitative estimate of drug-likeness (QED) is 0.889. The van der Waals surface area contributed by atoms with E-state index in [1.54, 1.807) is 11.3 Å². The van der Waals surface area contributed by atoms with Crippen molar-refractivity contribution < 1.29 is 4.74 Å². The van der Waals surface area contributed by atoms with E-state index in [0.717, 1.165) is 36.2 Å². The molecule has 0 bridgehead atoms. The number of ether oxygens (including phenoxy) is 1. The molecule has 0 aliphatic carbocycles. The van der Waals surface area contributed by atoms with E-state index in [4.69, 9.17) is 4.74 Å². The van der Waals surface area contributed by atoms with Crippen LogP contribution in [0.3, 0.4) is 0 Å². The van der Waals surface area contributed by atoms with Crippen LogP contribution in [0, 0.1) is 0 Å². The Morgan fingerprint density at radius 2 is 2.32 bits per heavy atom. The van der Waals surface area contributed by atoms with E-state index in [1.807, 2.05) is 0 Å². The second-order valence-electron chi connectivity index (χ2n) is 4.69. The average Bonchev–Trinajstić information content (AvgIpc) is 2.84. The molecular formula is C15H16BrNOS. The zero-order valence-electron chi connectivity index (χ0n) is 10.6. The lowest BCUT2D eigenvalue weighted by molar-refractivity contribution is 0.315. The van der Waals surface area contributed by atoms with E-state index in [0.29, 0.717) is 6.04 Å². The molecule has 2 nitrogen and oxygen atoms in total. The van der Waals surface area contributed by atoms with Crippen molar-refractivity contribution in [2.24, 2.45) is 0 Å². The van der Waals surface area contributed by atoms with Crippen LogP contribution in [-0.2, 0) is 6.54 Å². The summed E-state index contributed by atoms with van der Waals surface area (Å²) in [7, 11) is 0. The van der Waals surface area contributed by atoms with E-state index >= 15 is 0 Å². The van der Waals surface area contributed by atoms with Crippen LogP contribution in [0.15, 0.2) is 40.2 Å². The summed E-state index contributed by atoms with van der Waals surface area (Å²) in [6.45, 7) is 1.73. The minimum atomic E-state index is 0.382. The van der Waals surface area contributed by atoms with E-state index in [9.17, 15) is 0 Å². The van der Waals surface area contributed by atoms with Crippen molar-refractivity contribution >= 4 is 27.3 Å². The lowest BCUT2D eigenvalue weighted by Gasteiger charge is -2.18. The summed E-state index contributed by atoms with van der Waals surface area (Å²) in [4.78, 5) is 1.38. The molecule has 0 saturated heterocycles. The Balaban J connectivity index is 1.78. The zero-order chi connectivity index (χ0) is 13.1. The molecular weight excluding hydrogens is 322 g/mol. The molecule has 1 aromatic carbocycles. The Morgan fingerprint density at radius 1 is 1.37 bits per heavy atom. The van der Waals surface area contributed by atoms with Gasteiger partial charge in [0.05, 0.1) is 6.61 Å². The fourth-order valence-corrected chi connectivity index (χ4v) is 3.39. The highest BCUT2D eigenvalue weighted by Crippen LogP contribution is 2.33. The summed E-state index contributed by atoms with van der Waals surface area (Å²) in [5.41, 5.74) is 1.28. The number of halogens is 1. The van der Waals surface area contributed by atoms with Gasteiger partial charge in [0.2, 0.25) is 0 Å². The maximum atomic E-state index is 5.83. The van der Waals surface area contributed by atoms with Gasteiger partial charge < -0.3 is 10.1 Å². The largest absolute Gasteiger partial charge is 0.493 e. The van der Waals surface area contributed by atoms with Crippen LogP contribution in [0.25, 0.3) is 0 Å². The molecule has 0 radical (unpaired) electrons. The SMILES string of the molecule is Brc1ccc2c(c1)OCCCC2NCc1cccs1. The Morgan fingerprint density at radius 3 is 3.16 bits per heavy atom. The van der Waals surface area contributed by atoms with Crippen LogP contribution >= 0.6 is 27.3 Å². The molecule has 2 aromatic rings. The molecule has 1 aliphatic heterocycles. The number of nitrogens with one attached hydrogen (secondary N) is 1. The number of rotatable bonds is 3. The maximum absolute atomic E-state index is 5.83. The normalized spacial score (nSPS) is 18.5. The molecule has 1 unspecified atom stereocenters. The molecule has 1 atom stereocenters. The molecule has 0 spiro atoms. The summed E-state index contributed by atoms with van der Waals surface area (Å²) in [5.74, 6) is 1.01. The highest BCUT2D eigenvalue weighted by Gasteiger charge is 2.19. The topological polar surface area (TPSA) is 21.3 Å². The predicted octanol–water partition coefficient (Wildman–Crippen LogP) is 4.51. The third kappa shape index (κ3) is 3.19. The molecule has 0 saturated carbocycles. The first-order chi connectivity index (χ1) is 9.33. The van der Waals surface area contributed by atoms with Crippen LogP contribution in [0.2, 0.25) is 0 Å². The molecule has 3 rings (SSSR count). The fraction of sp³-hybridized carbons (Fsp3) is 0.333. The van der Waals surface area contributed by atoms with Gasteiger partial charge in [-0.25, -0.2) is 0 Å². The summed E-state index contributed by atoms with van der Waals surface area (Å²) in [6, 6.07) is 11.0. The minimum Gasteiger partial charge on any atom is -0.493 e. The summed E-state index contributed by atoms with van der Waals surface area (Å²) >= 11 is 5.31. The number of hydrogen-bond acceptors (Lipinski definition) is 3. The van der Waals surface area contributed by atoms with E-state index < -0.39 is 0 Å². The van der Waals surface area contributed by atoms with Gasteiger partial charge in [0.15, 0.2) is 0 Å². The Labute approximate surface area is 125 Å². The lowest BCUT2D eigenvalue weighted by atomic mass is 10.0. The van der Waals surface area contributed by atoms with Crippen molar-refractivity contribution in [3.05, 3.63) is 50.6 Å².